The number of benzene rings is 1. The molecule has 1 atom stereocenters. The van der Waals surface area contributed by atoms with E-state index in [9.17, 15) is 4.39 Å². The molecular weight excluding hydrogens is 317 g/mol. The van der Waals surface area contributed by atoms with Crippen LogP contribution in [0.4, 0.5) is 4.39 Å². The number of rotatable bonds is 6. The summed E-state index contributed by atoms with van der Waals surface area (Å²) in [6, 6.07) is 5.18. The second-order valence-corrected chi connectivity index (χ2v) is 8.03. The lowest BCUT2D eigenvalue weighted by Gasteiger charge is -2.34. The van der Waals surface area contributed by atoms with E-state index in [4.69, 9.17) is 0 Å². The Bertz CT molecular complexity index is 419. The van der Waals surface area contributed by atoms with Crippen LogP contribution < -0.4 is 5.32 Å². The molecule has 0 amide bonds. The summed E-state index contributed by atoms with van der Waals surface area (Å²) in [6.45, 7) is 12.0. The summed E-state index contributed by atoms with van der Waals surface area (Å²) in [5.74, 6) is -0.169. The molecule has 0 radical (unpaired) electrons. The lowest BCUT2D eigenvalue weighted by Crippen LogP contribution is -2.43. The Hall–Kier alpha value is -0.410. The molecule has 1 rings (SSSR count). The van der Waals surface area contributed by atoms with E-state index in [1.54, 1.807) is 6.07 Å². The van der Waals surface area contributed by atoms with Crippen molar-refractivity contribution in [1.82, 2.24) is 5.32 Å². The average Bonchev–Trinajstić information content (AvgIpc) is 2.24. The molecular formula is C17H27BrFN. The van der Waals surface area contributed by atoms with Gasteiger partial charge < -0.3 is 5.32 Å². The summed E-state index contributed by atoms with van der Waals surface area (Å²) in [6.07, 6.45) is 3.16. The van der Waals surface area contributed by atoms with Crippen LogP contribution in [0.25, 0.3) is 0 Å². The maximum atomic E-state index is 13.5. The Labute approximate surface area is 131 Å². The van der Waals surface area contributed by atoms with Crippen molar-refractivity contribution in [2.75, 3.05) is 6.54 Å². The average molecular weight is 344 g/mol. The van der Waals surface area contributed by atoms with E-state index in [-0.39, 0.29) is 16.8 Å². The standard InChI is InChI=1S/C17H27BrFN/c1-6-7-17(5,12-20-16(2,3)4)11-13-8-14(18)10-15(19)9-13/h8-10,20H,6-7,11-12H2,1-5H3. The van der Waals surface area contributed by atoms with Crippen molar-refractivity contribution in [2.24, 2.45) is 5.41 Å². The fourth-order valence-electron chi connectivity index (χ4n) is 2.53. The van der Waals surface area contributed by atoms with Crippen LogP contribution in [0.1, 0.15) is 53.0 Å². The molecule has 1 aromatic carbocycles. The molecule has 0 aliphatic rings. The minimum absolute atomic E-state index is 0.109. The van der Waals surface area contributed by atoms with Gasteiger partial charge in [-0.25, -0.2) is 4.39 Å². The van der Waals surface area contributed by atoms with Gasteiger partial charge in [0.15, 0.2) is 0 Å². The van der Waals surface area contributed by atoms with Crippen LogP contribution >= 0.6 is 15.9 Å². The minimum atomic E-state index is -0.169. The zero-order valence-corrected chi connectivity index (χ0v) is 14.9. The van der Waals surface area contributed by atoms with Gasteiger partial charge >= 0.3 is 0 Å². The van der Waals surface area contributed by atoms with Gasteiger partial charge in [-0.3, -0.25) is 0 Å². The van der Waals surface area contributed by atoms with Crippen LogP contribution in [-0.4, -0.2) is 12.1 Å². The summed E-state index contributed by atoms with van der Waals surface area (Å²) in [5, 5.41) is 3.59. The Balaban J connectivity index is 2.84. The smallest absolute Gasteiger partial charge is 0.124 e. The summed E-state index contributed by atoms with van der Waals surface area (Å²) < 4.78 is 14.3. The molecule has 0 heterocycles. The van der Waals surface area contributed by atoms with E-state index in [1.165, 1.54) is 6.07 Å². The zero-order valence-electron chi connectivity index (χ0n) is 13.3. The topological polar surface area (TPSA) is 12.0 Å². The molecule has 20 heavy (non-hydrogen) atoms. The van der Waals surface area contributed by atoms with E-state index in [2.05, 4.69) is 55.9 Å². The molecule has 1 unspecified atom stereocenters. The van der Waals surface area contributed by atoms with Gasteiger partial charge in [0.05, 0.1) is 0 Å². The Morgan fingerprint density at radius 2 is 1.80 bits per heavy atom. The van der Waals surface area contributed by atoms with Crippen molar-refractivity contribution in [3.05, 3.63) is 34.1 Å². The monoisotopic (exact) mass is 343 g/mol. The minimum Gasteiger partial charge on any atom is -0.312 e. The lowest BCUT2D eigenvalue weighted by molar-refractivity contribution is 0.243. The fraction of sp³-hybridized carbons (Fsp3) is 0.647. The molecule has 1 nitrogen and oxygen atoms in total. The predicted molar refractivity (Wildman–Crippen MR) is 88.6 cm³/mol. The zero-order chi connectivity index (χ0) is 15.4. The first-order chi connectivity index (χ1) is 9.13. The van der Waals surface area contributed by atoms with Crippen LogP contribution in [0.3, 0.4) is 0 Å². The second-order valence-electron chi connectivity index (χ2n) is 7.12. The van der Waals surface area contributed by atoms with Crippen LogP contribution in [0.2, 0.25) is 0 Å². The summed E-state index contributed by atoms with van der Waals surface area (Å²) in [7, 11) is 0. The van der Waals surface area contributed by atoms with Gasteiger partial charge in [-0.15, -0.1) is 0 Å². The molecule has 0 saturated carbocycles. The first-order valence-corrected chi connectivity index (χ1v) is 8.13. The van der Waals surface area contributed by atoms with E-state index in [1.807, 2.05) is 6.07 Å². The van der Waals surface area contributed by atoms with E-state index in [0.29, 0.717) is 0 Å². The third-order valence-corrected chi connectivity index (χ3v) is 3.91. The van der Waals surface area contributed by atoms with Crippen molar-refractivity contribution < 1.29 is 4.39 Å². The fourth-order valence-corrected chi connectivity index (χ4v) is 3.04. The van der Waals surface area contributed by atoms with E-state index in [0.717, 1.165) is 35.8 Å². The van der Waals surface area contributed by atoms with Crippen molar-refractivity contribution in [3.8, 4) is 0 Å². The summed E-state index contributed by atoms with van der Waals surface area (Å²) in [5.41, 5.74) is 1.32. The maximum absolute atomic E-state index is 13.5. The van der Waals surface area contributed by atoms with Gasteiger partial charge in [-0.05, 0) is 62.8 Å². The molecule has 0 aliphatic heterocycles. The SMILES string of the molecule is CCCC(C)(CNC(C)(C)C)Cc1cc(F)cc(Br)c1. The quantitative estimate of drug-likeness (QED) is 0.736. The van der Waals surface area contributed by atoms with E-state index < -0.39 is 0 Å². The molecule has 1 N–H and O–H groups in total. The lowest BCUT2D eigenvalue weighted by atomic mass is 9.79. The molecule has 1 aromatic rings. The molecule has 0 fully saturated rings. The summed E-state index contributed by atoms with van der Waals surface area (Å²) in [4.78, 5) is 0. The van der Waals surface area contributed by atoms with Gasteiger partial charge in [0.1, 0.15) is 5.82 Å². The number of hydrogen-bond acceptors (Lipinski definition) is 1. The first kappa shape index (κ1) is 17.6. The molecule has 0 spiro atoms. The highest BCUT2D eigenvalue weighted by Gasteiger charge is 2.26. The molecule has 114 valence electrons. The highest BCUT2D eigenvalue weighted by molar-refractivity contribution is 9.10. The predicted octanol–water partition coefficient (Wildman–Crippen LogP) is 5.33. The molecule has 3 heteroatoms. The molecule has 0 saturated heterocycles. The van der Waals surface area contributed by atoms with Gasteiger partial charge in [-0.1, -0.05) is 36.2 Å². The third kappa shape index (κ3) is 6.36. The Morgan fingerprint density at radius 1 is 1.15 bits per heavy atom. The second kappa shape index (κ2) is 7.04. The Morgan fingerprint density at radius 3 is 2.30 bits per heavy atom. The van der Waals surface area contributed by atoms with Crippen LogP contribution in [0, 0.1) is 11.2 Å². The van der Waals surface area contributed by atoms with Gasteiger partial charge in [0.2, 0.25) is 0 Å². The number of hydrogen-bond donors (Lipinski definition) is 1. The van der Waals surface area contributed by atoms with Crippen molar-refractivity contribution in [3.63, 3.8) is 0 Å². The summed E-state index contributed by atoms with van der Waals surface area (Å²) >= 11 is 3.37. The number of halogens is 2. The van der Waals surface area contributed by atoms with Gasteiger partial charge in [0.25, 0.3) is 0 Å². The molecule has 0 bridgehead atoms. The maximum Gasteiger partial charge on any atom is 0.124 e. The highest BCUT2D eigenvalue weighted by atomic mass is 79.9. The number of nitrogens with one attached hydrogen (secondary N) is 1. The normalized spacial score (nSPS) is 15.2. The Kier molecular flexibility index (Phi) is 6.21. The van der Waals surface area contributed by atoms with Crippen LogP contribution in [-0.2, 0) is 6.42 Å². The first-order valence-electron chi connectivity index (χ1n) is 7.33. The van der Waals surface area contributed by atoms with Gasteiger partial charge in [-0.2, -0.15) is 0 Å². The molecule has 0 aromatic heterocycles. The van der Waals surface area contributed by atoms with Gasteiger partial charge in [0, 0.05) is 16.6 Å². The van der Waals surface area contributed by atoms with Crippen molar-refractivity contribution in [2.45, 2.75) is 59.4 Å². The van der Waals surface area contributed by atoms with Crippen molar-refractivity contribution in [1.29, 1.82) is 0 Å². The van der Waals surface area contributed by atoms with Crippen molar-refractivity contribution >= 4 is 15.9 Å². The highest BCUT2D eigenvalue weighted by Crippen LogP contribution is 2.29. The van der Waals surface area contributed by atoms with E-state index >= 15 is 0 Å². The third-order valence-electron chi connectivity index (χ3n) is 3.45. The molecule has 0 aliphatic carbocycles. The van der Waals surface area contributed by atoms with Crippen LogP contribution in [0.5, 0.6) is 0 Å². The van der Waals surface area contributed by atoms with Crippen LogP contribution in [0.15, 0.2) is 22.7 Å². The largest absolute Gasteiger partial charge is 0.312 e.